The van der Waals surface area contributed by atoms with Crippen molar-refractivity contribution in [3.05, 3.63) is 24.3 Å². The molecule has 0 N–H and O–H groups in total. The number of ether oxygens (including phenoxy) is 3. The number of nitrogens with zero attached hydrogens (tertiary/aromatic N) is 1. The molecule has 0 aliphatic rings. The Morgan fingerprint density at radius 1 is 0.490 bits per heavy atom. The van der Waals surface area contributed by atoms with Gasteiger partial charge in [-0.15, -0.1) is 0 Å². The lowest BCUT2D eigenvalue weighted by atomic mass is 10.1. The van der Waals surface area contributed by atoms with Crippen molar-refractivity contribution < 1.29 is 19.0 Å². The molecule has 0 aliphatic carbocycles. The predicted molar refractivity (Wildman–Crippen MR) is 214 cm³/mol. The number of allylic oxidation sites excluding steroid dienone is 4. The van der Waals surface area contributed by atoms with Crippen LogP contribution in [0.15, 0.2) is 24.3 Å². The highest BCUT2D eigenvalue weighted by Crippen LogP contribution is 2.12. The molecule has 0 amide bonds. The Labute approximate surface area is 306 Å². The van der Waals surface area contributed by atoms with Crippen LogP contribution in [0.3, 0.4) is 0 Å². The maximum atomic E-state index is 12.4. The standard InChI is InChI=1S/C44H85NO4/c1-5-7-9-11-13-15-17-19-21-23-25-27-29-31-33-35-39-47-41-43(49-44(46)37-38-45(3)4)42-48-40-36-34-32-30-28-26-24-22-20-18-16-14-12-10-8-6-2/h19-22,43H,5-18,23-42H2,1-4H3. The zero-order valence-electron chi connectivity index (χ0n) is 33.5. The van der Waals surface area contributed by atoms with Crippen LogP contribution in [0, 0.1) is 0 Å². The molecule has 0 rings (SSSR count). The van der Waals surface area contributed by atoms with E-state index in [-0.39, 0.29) is 12.1 Å². The second kappa shape index (κ2) is 41.3. The first-order chi connectivity index (χ1) is 24.1. The van der Waals surface area contributed by atoms with Crippen LogP contribution < -0.4 is 0 Å². The van der Waals surface area contributed by atoms with E-state index in [2.05, 4.69) is 38.2 Å². The van der Waals surface area contributed by atoms with Crippen molar-refractivity contribution in [3.8, 4) is 0 Å². The second-order valence-electron chi connectivity index (χ2n) is 14.7. The van der Waals surface area contributed by atoms with Crippen LogP contribution in [0.25, 0.3) is 0 Å². The van der Waals surface area contributed by atoms with Gasteiger partial charge in [-0.05, 0) is 78.3 Å². The van der Waals surface area contributed by atoms with Crippen LogP contribution in [0.2, 0.25) is 0 Å². The van der Waals surface area contributed by atoms with Crippen molar-refractivity contribution in [2.75, 3.05) is 47.1 Å². The molecule has 0 aromatic heterocycles. The van der Waals surface area contributed by atoms with Gasteiger partial charge < -0.3 is 19.1 Å². The lowest BCUT2D eigenvalue weighted by Crippen LogP contribution is -2.30. The average molecular weight is 692 g/mol. The molecule has 0 atom stereocenters. The Kier molecular flexibility index (Phi) is 40.3. The Hall–Kier alpha value is -1.17. The lowest BCUT2D eigenvalue weighted by Gasteiger charge is -2.19. The molecule has 0 spiro atoms. The van der Waals surface area contributed by atoms with E-state index in [1.807, 2.05) is 19.0 Å². The third-order valence-electron chi connectivity index (χ3n) is 9.27. The molecule has 0 bridgehead atoms. The van der Waals surface area contributed by atoms with E-state index in [1.54, 1.807) is 0 Å². The van der Waals surface area contributed by atoms with Gasteiger partial charge in [0.05, 0.1) is 19.6 Å². The highest BCUT2D eigenvalue weighted by atomic mass is 16.6. The first-order valence-electron chi connectivity index (χ1n) is 21.4. The molecule has 0 saturated carbocycles. The molecule has 0 aromatic rings. The van der Waals surface area contributed by atoms with Gasteiger partial charge in [-0.2, -0.15) is 0 Å². The van der Waals surface area contributed by atoms with Crippen molar-refractivity contribution in [1.82, 2.24) is 4.90 Å². The van der Waals surface area contributed by atoms with Crippen molar-refractivity contribution in [2.24, 2.45) is 0 Å². The number of unbranched alkanes of at least 4 members (excludes halogenated alkanes) is 24. The van der Waals surface area contributed by atoms with Crippen LogP contribution in [0.1, 0.15) is 200 Å². The van der Waals surface area contributed by atoms with Crippen molar-refractivity contribution in [1.29, 1.82) is 0 Å². The first-order valence-corrected chi connectivity index (χ1v) is 21.4. The van der Waals surface area contributed by atoms with Crippen LogP contribution in [-0.2, 0) is 19.0 Å². The number of carbonyl (C=O) groups is 1. The predicted octanol–water partition coefficient (Wildman–Crippen LogP) is 13.0. The summed E-state index contributed by atoms with van der Waals surface area (Å²) in [6.45, 7) is 7.55. The van der Waals surface area contributed by atoms with Gasteiger partial charge in [-0.1, -0.05) is 154 Å². The number of hydrogen-bond acceptors (Lipinski definition) is 5. The number of esters is 1. The van der Waals surface area contributed by atoms with Gasteiger partial charge in [0, 0.05) is 19.8 Å². The molecule has 5 nitrogen and oxygen atoms in total. The number of carbonyl (C=O) groups excluding carboxylic acids is 1. The van der Waals surface area contributed by atoms with Crippen LogP contribution in [0.4, 0.5) is 0 Å². The molecule has 0 unspecified atom stereocenters. The summed E-state index contributed by atoms with van der Waals surface area (Å²) in [6.07, 6.45) is 46.2. The van der Waals surface area contributed by atoms with E-state index in [0.717, 1.165) is 26.1 Å². The van der Waals surface area contributed by atoms with Gasteiger partial charge in [0.25, 0.3) is 0 Å². The van der Waals surface area contributed by atoms with Gasteiger partial charge in [0.15, 0.2) is 0 Å². The summed E-state index contributed by atoms with van der Waals surface area (Å²) in [5.74, 6) is -0.166. The normalized spacial score (nSPS) is 12.6. The molecule has 0 aliphatic heterocycles. The van der Waals surface area contributed by atoms with Gasteiger partial charge in [-0.3, -0.25) is 4.79 Å². The molecule has 0 fully saturated rings. The second-order valence-corrected chi connectivity index (χ2v) is 14.7. The topological polar surface area (TPSA) is 48.0 Å². The molecular weight excluding hydrogens is 606 g/mol. The summed E-state index contributed by atoms with van der Waals surface area (Å²) in [5, 5.41) is 0. The maximum absolute atomic E-state index is 12.4. The summed E-state index contributed by atoms with van der Waals surface area (Å²) < 4.78 is 17.6. The Bertz CT molecular complexity index is 661. The molecule has 290 valence electrons. The smallest absolute Gasteiger partial charge is 0.307 e. The van der Waals surface area contributed by atoms with E-state index in [1.165, 1.54) is 167 Å². The van der Waals surface area contributed by atoms with Crippen molar-refractivity contribution >= 4 is 5.97 Å². The first kappa shape index (κ1) is 47.8. The summed E-state index contributed by atoms with van der Waals surface area (Å²) in [7, 11) is 3.95. The Balaban J connectivity index is 3.84. The summed E-state index contributed by atoms with van der Waals surface area (Å²) in [4.78, 5) is 14.4. The Morgan fingerprint density at radius 3 is 1.16 bits per heavy atom. The molecule has 5 heteroatoms. The minimum atomic E-state index is -0.321. The maximum Gasteiger partial charge on any atom is 0.307 e. The van der Waals surface area contributed by atoms with E-state index < -0.39 is 0 Å². The third kappa shape index (κ3) is 41.1. The molecule has 49 heavy (non-hydrogen) atoms. The summed E-state index contributed by atoms with van der Waals surface area (Å²) in [5.41, 5.74) is 0. The molecule has 0 aromatic carbocycles. The van der Waals surface area contributed by atoms with E-state index in [9.17, 15) is 4.79 Å². The van der Waals surface area contributed by atoms with Crippen molar-refractivity contribution in [3.63, 3.8) is 0 Å². The molecule has 0 heterocycles. The lowest BCUT2D eigenvalue weighted by molar-refractivity contribution is -0.156. The third-order valence-corrected chi connectivity index (χ3v) is 9.27. The van der Waals surface area contributed by atoms with Crippen LogP contribution in [0.5, 0.6) is 0 Å². The van der Waals surface area contributed by atoms with Crippen LogP contribution in [-0.4, -0.2) is 64.0 Å². The van der Waals surface area contributed by atoms with Gasteiger partial charge in [0.1, 0.15) is 6.10 Å². The monoisotopic (exact) mass is 692 g/mol. The number of rotatable bonds is 40. The zero-order valence-corrected chi connectivity index (χ0v) is 33.5. The molecule has 0 saturated heterocycles. The fraction of sp³-hybridized carbons (Fsp3) is 0.886. The van der Waals surface area contributed by atoms with Crippen LogP contribution >= 0.6 is 0 Å². The highest BCUT2D eigenvalue weighted by Gasteiger charge is 2.15. The average Bonchev–Trinajstić information content (AvgIpc) is 3.09. The highest BCUT2D eigenvalue weighted by molar-refractivity contribution is 5.69. The minimum absolute atomic E-state index is 0.166. The largest absolute Gasteiger partial charge is 0.457 e. The van der Waals surface area contributed by atoms with Gasteiger partial charge in [-0.25, -0.2) is 0 Å². The van der Waals surface area contributed by atoms with Gasteiger partial charge >= 0.3 is 5.97 Å². The van der Waals surface area contributed by atoms with E-state index in [4.69, 9.17) is 14.2 Å². The number of hydrogen-bond donors (Lipinski definition) is 0. The van der Waals surface area contributed by atoms with E-state index >= 15 is 0 Å². The quantitative estimate of drug-likeness (QED) is 0.0364. The summed E-state index contributed by atoms with van der Waals surface area (Å²) in [6, 6.07) is 0. The molecule has 0 radical (unpaired) electrons. The van der Waals surface area contributed by atoms with Gasteiger partial charge in [0.2, 0.25) is 0 Å². The zero-order chi connectivity index (χ0) is 35.7. The summed E-state index contributed by atoms with van der Waals surface area (Å²) >= 11 is 0. The fourth-order valence-electron chi connectivity index (χ4n) is 6.01. The minimum Gasteiger partial charge on any atom is -0.457 e. The SMILES string of the molecule is CCCCCCCCC=CCCCCCCCCOCC(COCCCCCCCCC=CCCCCCCCC)OC(=O)CCN(C)C. The van der Waals surface area contributed by atoms with Crippen molar-refractivity contribution in [2.45, 2.75) is 206 Å². The molecular formula is C44H85NO4. The van der Waals surface area contributed by atoms with E-state index in [0.29, 0.717) is 26.2 Å². The Morgan fingerprint density at radius 2 is 0.816 bits per heavy atom. The fourth-order valence-corrected chi connectivity index (χ4v) is 6.01.